The molecule has 8 heteroatoms. The van der Waals surface area contributed by atoms with Crippen LogP contribution in [0.15, 0.2) is 42.5 Å². The molecule has 0 aliphatic carbocycles. The van der Waals surface area contributed by atoms with Crippen molar-refractivity contribution in [3.8, 4) is 23.0 Å². The van der Waals surface area contributed by atoms with E-state index in [1.54, 1.807) is 12.1 Å². The van der Waals surface area contributed by atoms with Crippen LogP contribution in [0.5, 0.6) is 23.0 Å². The van der Waals surface area contributed by atoms with Crippen molar-refractivity contribution in [2.45, 2.75) is 0 Å². The van der Waals surface area contributed by atoms with Gasteiger partial charge in [-0.15, -0.1) is 0 Å². The number of nitrogens with zero attached hydrogens (tertiary/aromatic N) is 1. The van der Waals surface area contributed by atoms with Crippen molar-refractivity contribution in [1.29, 1.82) is 0 Å². The van der Waals surface area contributed by atoms with Crippen molar-refractivity contribution in [3.05, 3.63) is 58.2 Å². The zero-order valence-electron chi connectivity index (χ0n) is 13.8. The summed E-state index contributed by atoms with van der Waals surface area (Å²) in [5.41, 5.74) is 0.498. The number of carbonyl (C=O) groups is 1. The summed E-state index contributed by atoms with van der Waals surface area (Å²) >= 11 is 0. The van der Waals surface area contributed by atoms with Gasteiger partial charge in [0.1, 0.15) is 19.0 Å². The Morgan fingerprint density at radius 3 is 2.81 bits per heavy atom. The number of hydrogen-bond donors (Lipinski definition) is 0. The normalized spacial score (nSPS) is 12.7. The summed E-state index contributed by atoms with van der Waals surface area (Å²) in [5, 5.41) is 10.7. The third-order valence-electron chi connectivity index (χ3n) is 3.51. The predicted octanol–water partition coefficient (Wildman–Crippen LogP) is 2.99. The number of carbonyl (C=O) groups excluding carboxylic acids is 1. The second-order valence-corrected chi connectivity index (χ2v) is 5.26. The molecule has 134 valence electrons. The molecule has 0 amide bonds. The molecule has 1 aliphatic heterocycles. The summed E-state index contributed by atoms with van der Waals surface area (Å²) in [6.45, 7) is 0.867. The van der Waals surface area contributed by atoms with Crippen molar-refractivity contribution in [2.75, 3.05) is 20.3 Å². The van der Waals surface area contributed by atoms with Crippen molar-refractivity contribution in [3.63, 3.8) is 0 Å². The van der Waals surface area contributed by atoms with E-state index >= 15 is 0 Å². The first-order valence-electron chi connectivity index (χ1n) is 7.69. The lowest BCUT2D eigenvalue weighted by atomic mass is 10.1. The van der Waals surface area contributed by atoms with Gasteiger partial charge < -0.3 is 18.9 Å². The number of esters is 1. The Morgan fingerprint density at radius 2 is 2.04 bits per heavy atom. The van der Waals surface area contributed by atoms with Gasteiger partial charge in [-0.05, 0) is 29.8 Å². The van der Waals surface area contributed by atoms with Gasteiger partial charge in [-0.1, -0.05) is 6.07 Å². The molecular weight excluding hydrogens is 342 g/mol. The molecule has 0 atom stereocenters. The molecule has 0 spiro atoms. The van der Waals surface area contributed by atoms with Gasteiger partial charge in [0.05, 0.1) is 18.1 Å². The first kappa shape index (κ1) is 17.3. The van der Waals surface area contributed by atoms with Gasteiger partial charge in [-0.3, -0.25) is 10.1 Å². The highest BCUT2D eigenvalue weighted by Crippen LogP contribution is 2.40. The molecule has 0 saturated carbocycles. The number of ether oxygens (including phenoxy) is 4. The molecule has 1 heterocycles. The van der Waals surface area contributed by atoms with E-state index in [1.165, 1.54) is 43.5 Å². The quantitative estimate of drug-likeness (QED) is 0.267. The standard InChI is InChI=1S/C18H15NO7/c1-23-15-9-12(10-16-18(15)25-8-7-24-16)5-6-17(20)26-14-4-2-3-13(11-14)19(21)22/h2-6,9-11H,7-8H2,1H3/b6-5+. The zero-order chi connectivity index (χ0) is 18.5. The molecule has 0 fully saturated rings. The Bertz CT molecular complexity index is 859. The van der Waals surface area contributed by atoms with Gasteiger partial charge in [-0.2, -0.15) is 0 Å². The number of benzene rings is 2. The zero-order valence-corrected chi connectivity index (χ0v) is 13.8. The van der Waals surface area contributed by atoms with E-state index in [1.807, 2.05) is 0 Å². The molecule has 0 saturated heterocycles. The van der Waals surface area contributed by atoms with Crippen molar-refractivity contribution >= 4 is 17.7 Å². The number of fused-ring (bicyclic) bond motifs is 1. The average molecular weight is 357 g/mol. The van der Waals surface area contributed by atoms with Crippen LogP contribution in [0.3, 0.4) is 0 Å². The van der Waals surface area contributed by atoms with Gasteiger partial charge in [0.15, 0.2) is 11.5 Å². The molecule has 0 radical (unpaired) electrons. The minimum absolute atomic E-state index is 0.0913. The van der Waals surface area contributed by atoms with E-state index in [-0.39, 0.29) is 11.4 Å². The maximum atomic E-state index is 11.9. The monoisotopic (exact) mass is 357 g/mol. The summed E-state index contributed by atoms with van der Waals surface area (Å²) < 4.78 is 21.4. The Labute approximate surface area is 148 Å². The minimum atomic E-state index is -0.667. The largest absolute Gasteiger partial charge is 0.493 e. The number of non-ortho nitro benzene ring substituents is 1. The van der Waals surface area contributed by atoms with E-state index in [0.29, 0.717) is 36.0 Å². The Morgan fingerprint density at radius 1 is 1.23 bits per heavy atom. The lowest BCUT2D eigenvalue weighted by Crippen LogP contribution is -2.16. The highest BCUT2D eigenvalue weighted by atomic mass is 16.6. The third-order valence-corrected chi connectivity index (χ3v) is 3.51. The van der Waals surface area contributed by atoms with Crippen LogP contribution in [0.2, 0.25) is 0 Å². The average Bonchev–Trinajstić information content (AvgIpc) is 2.65. The maximum absolute atomic E-state index is 11.9. The topological polar surface area (TPSA) is 97.1 Å². The first-order valence-corrected chi connectivity index (χ1v) is 7.69. The predicted molar refractivity (Wildman–Crippen MR) is 91.7 cm³/mol. The molecule has 2 aromatic carbocycles. The Kier molecular flexibility index (Phi) is 5.02. The smallest absolute Gasteiger partial charge is 0.336 e. The van der Waals surface area contributed by atoms with Gasteiger partial charge in [-0.25, -0.2) is 4.79 Å². The lowest BCUT2D eigenvalue weighted by Gasteiger charge is -2.20. The molecule has 2 aromatic rings. The number of nitro groups is 1. The fraction of sp³-hybridized carbons (Fsp3) is 0.167. The number of hydrogen-bond acceptors (Lipinski definition) is 7. The summed E-state index contributed by atoms with van der Waals surface area (Å²) in [4.78, 5) is 22.1. The van der Waals surface area contributed by atoms with E-state index in [9.17, 15) is 14.9 Å². The molecule has 0 aromatic heterocycles. The molecule has 3 rings (SSSR count). The molecule has 0 N–H and O–H groups in total. The highest BCUT2D eigenvalue weighted by Gasteiger charge is 2.18. The second-order valence-electron chi connectivity index (χ2n) is 5.26. The van der Waals surface area contributed by atoms with Crippen molar-refractivity contribution in [1.82, 2.24) is 0 Å². The third kappa shape index (κ3) is 3.92. The van der Waals surface area contributed by atoms with Crippen LogP contribution in [0.4, 0.5) is 5.69 Å². The lowest BCUT2D eigenvalue weighted by molar-refractivity contribution is -0.384. The first-order chi connectivity index (χ1) is 12.6. The van der Waals surface area contributed by atoms with Gasteiger partial charge in [0, 0.05) is 12.1 Å². The van der Waals surface area contributed by atoms with Crippen LogP contribution >= 0.6 is 0 Å². The van der Waals surface area contributed by atoms with Gasteiger partial charge >= 0.3 is 5.97 Å². The minimum Gasteiger partial charge on any atom is -0.493 e. The number of nitro benzene ring substituents is 1. The maximum Gasteiger partial charge on any atom is 0.336 e. The highest BCUT2D eigenvalue weighted by molar-refractivity contribution is 5.89. The van der Waals surface area contributed by atoms with Crippen LogP contribution in [0, 0.1) is 10.1 Å². The van der Waals surface area contributed by atoms with Crippen LogP contribution in [-0.4, -0.2) is 31.2 Å². The number of methoxy groups -OCH3 is 1. The SMILES string of the molecule is COc1cc(/C=C/C(=O)Oc2cccc([N+](=O)[O-])c2)cc2c1OCCO2. The summed E-state index contributed by atoms with van der Waals surface area (Å²) in [7, 11) is 1.51. The summed E-state index contributed by atoms with van der Waals surface area (Å²) in [5.74, 6) is 0.972. The Balaban J connectivity index is 1.74. The van der Waals surface area contributed by atoms with Crippen molar-refractivity contribution < 1.29 is 28.7 Å². The van der Waals surface area contributed by atoms with E-state index in [2.05, 4.69) is 0 Å². The van der Waals surface area contributed by atoms with Crippen molar-refractivity contribution in [2.24, 2.45) is 0 Å². The van der Waals surface area contributed by atoms with Gasteiger partial charge in [0.2, 0.25) is 5.75 Å². The molecule has 0 unspecified atom stereocenters. The summed E-state index contributed by atoms with van der Waals surface area (Å²) in [6, 6.07) is 8.81. The fourth-order valence-corrected chi connectivity index (χ4v) is 2.36. The molecule has 0 bridgehead atoms. The summed E-state index contributed by atoms with van der Waals surface area (Å²) in [6.07, 6.45) is 2.74. The molecule has 8 nitrogen and oxygen atoms in total. The van der Waals surface area contributed by atoms with Crippen LogP contribution in [0.1, 0.15) is 5.56 Å². The second kappa shape index (κ2) is 7.56. The number of rotatable bonds is 5. The van der Waals surface area contributed by atoms with Crippen LogP contribution < -0.4 is 18.9 Å². The van der Waals surface area contributed by atoms with Crippen LogP contribution in [-0.2, 0) is 4.79 Å². The Hall–Kier alpha value is -3.55. The molecular formula is C18H15NO7. The van der Waals surface area contributed by atoms with E-state index < -0.39 is 10.9 Å². The van der Waals surface area contributed by atoms with E-state index in [4.69, 9.17) is 18.9 Å². The van der Waals surface area contributed by atoms with Crippen LogP contribution in [0.25, 0.3) is 6.08 Å². The van der Waals surface area contributed by atoms with Gasteiger partial charge in [0.25, 0.3) is 5.69 Å². The molecule has 26 heavy (non-hydrogen) atoms. The fourth-order valence-electron chi connectivity index (χ4n) is 2.36. The van der Waals surface area contributed by atoms with E-state index in [0.717, 1.165) is 0 Å². The molecule has 1 aliphatic rings.